The number of aromatic nitrogens is 2. The zero-order chi connectivity index (χ0) is 16.0. The van der Waals surface area contributed by atoms with E-state index in [1.165, 1.54) is 10.6 Å². The average molecular weight is 320 g/mol. The number of halogens is 1. The molecule has 1 unspecified atom stereocenters. The first kappa shape index (κ1) is 14.7. The Bertz CT molecular complexity index is 860. The van der Waals surface area contributed by atoms with Crippen LogP contribution < -0.4 is 5.69 Å². The van der Waals surface area contributed by atoms with Crippen molar-refractivity contribution in [3.05, 3.63) is 44.5 Å². The molecule has 0 aliphatic carbocycles. The second-order valence-electron chi connectivity index (χ2n) is 5.32. The Labute approximate surface area is 131 Å². The number of rotatable bonds is 1. The van der Waals surface area contributed by atoms with Gasteiger partial charge in [-0.05, 0) is 37.5 Å². The van der Waals surface area contributed by atoms with Gasteiger partial charge in [-0.25, -0.2) is 9.36 Å². The number of hydrogen-bond donors (Lipinski definition) is 2. The lowest BCUT2D eigenvalue weighted by Gasteiger charge is -2.18. The van der Waals surface area contributed by atoms with Crippen LogP contribution in [0.25, 0.3) is 5.69 Å². The van der Waals surface area contributed by atoms with E-state index in [2.05, 4.69) is 0 Å². The molecular formula is C15H14ClN3O3. The first-order valence-electron chi connectivity index (χ1n) is 6.89. The topological polar surface area (TPSA) is 91.2 Å². The number of benzene rings is 1. The fourth-order valence-electron chi connectivity index (χ4n) is 2.89. The van der Waals surface area contributed by atoms with E-state index in [0.29, 0.717) is 36.2 Å². The van der Waals surface area contributed by atoms with Gasteiger partial charge >= 0.3 is 5.69 Å². The van der Waals surface area contributed by atoms with Crippen LogP contribution in [0.4, 0.5) is 0 Å². The second kappa shape index (κ2) is 5.20. The van der Waals surface area contributed by atoms with Crippen molar-refractivity contribution < 1.29 is 10.2 Å². The molecule has 1 aromatic carbocycles. The van der Waals surface area contributed by atoms with Gasteiger partial charge in [0.2, 0.25) is 5.88 Å². The third-order valence-corrected chi connectivity index (χ3v) is 4.54. The van der Waals surface area contributed by atoms with Crippen LogP contribution >= 0.6 is 11.6 Å². The Morgan fingerprint density at radius 1 is 1.45 bits per heavy atom. The fraction of sp³-hybridized carbons (Fsp3) is 0.333. The molecule has 0 fully saturated rings. The average Bonchev–Trinajstić information content (AvgIpc) is 2.75. The van der Waals surface area contributed by atoms with Crippen LogP contribution in [-0.2, 0) is 6.54 Å². The van der Waals surface area contributed by atoms with Crippen LogP contribution in [0.3, 0.4) is 0 Å². The summed E-state index contributed by atoms with van der Waals surface area (Å²) >= 11 is 6.13. The van der Waals surface area contributed by atoms with Crippen molar-refractivity contribution in [2.45, 2.75) is 32.4 Å². The molecule has 2 aromatic rings. The molecule has 1 aromatic heterocycles. The Hall–Kier alpha value is -2.23. The number of imidazole rings is 1. The highest BCUT2D eigenvalue weighted by Gasteiger charge is 2.29. The van der Waals surface area contributed by atoms with Crippen LogP contribution in [0, 0.1) is 18.3 Å². The van der Waals surface area contributed by atoms with Gasteiger partial charge in [0.05, 0.1) is 22.4 Å². The van der Waals surface area contributed by atoms with Crippen molar-refractivity contribution >= 4 is 11.6 Å². The van der Waals surface area contributed by atoms with Crippen LogP contribution in [0.2, 0.25) is 5.02 Å². The van der Waals surface area contributed by atoms with E-state index in [1.54, 1.807) is 13.0 Å². The van der Waals surface area contributed by atoms with Crippen molar-refractivity contribution in [2.24, 2.45) is 0 Å². The summed E-state index contributed by atoms with van der Waals surface area (Å²) < 4.78 is 2.52. The molecule has 1 aliphatic rings. The maximum Gasteiger partial charge on any atom is 0.336 e. The minimum Gasteiger partial charge on any atom is -0.493 e. The fourth-order valence-corrected chi connectivity index (χ4v) is 3.10. The Morgan fingerprint density at radius 2 is 2.18 bits per heavy atom. The van der Waals surface area contributed by atoms with E-state index in [1.807, 2.05) is 6.07 Å². The third kappa shape index (κ3) is 1.94. The van der Waals surface area contributed by atoms with Gasteiger partial charge in [0.25, 0.3) is 0 Å². The molecule has 6 nitrogen and oxygen atoms in total. The van der Waals surface area contributed by atoms with Gasteiger partial charge in [0.1, 0.15) is 11.8 Å². The lowest BCUT2D eigenvalue weighted by molar-refractivity contribution is 0.134. The molecule has 114 valence electrons. The highest BCUT2D eigenvalue weighted by Crippen LogP contribution is 2.34. The molecule has 2 heterocycles. The highest BCUT2D eigenvalue weighted by molar-refractivity contribution is 6.32. The predicted octanol–water partition coefficient (Wildman–Crippen LogP) is 2.01. The van der Waals surface area contributed by atoms with Gasteiger partial charge in [-0.1, -0.05) is 11.6 Å². The molecule has 0 amide bonds. The van der Waals surface area contributed by atoms with Gasteiger partial charge in [0, 0.05) is 6.54 Å². The van der Waals surface area contributed by atoms with Crippen molar-refractivity contribution in [3.8, 4) is 17.6 Å². The van der Waals surface area contributed by atoms with Crippen LogP contribution in [0.15, 0.2) is 16.9 Å². The van der Waals surface area contributed by atoms with Crippen LogP contribution in [-0.4, -0.2) is 19.3 Å². The van der Waals surface area contributed by atoms with Crippen molar-refractivity contribution in [3.63, 3.8) is 0 Å². The number of nitrogens with zero attached hydrogens (tertiary/aromatic N) is 3. The Balaban J connectivity index is 2.30. The summed E-state index contributed by atoms with van der Waals surface area (Å²) in [7, 11) is 0. The summed E-state index contributed by atoms with van der Waals surface area (Å²) in [5.74, 6) is -0.277. The quantitative estimate of drug-likeness (QED) is 0.841. The molecule has 0 spiro atoms. The van der Waals surface area contributed by atoms with E-state index >= 15 is 0 Å². The van der Waals surface area contributed by atoms with Crippen molar-refractivity contribution in [1.29, 1.82) is 5.26 Å². The molecule has 0 saturated carbocycles. The third-order valence-electron chi connectivity index (χ3n) is 4.05. The number of aliphatic hydroxyl groups excluding tert-OH is 1. The Morgan fingerprint density at radius 3 is 2.82 bits per heavy atom. The van der Waals surface area contributed by atoms with E-state index in [9.17, 15) is 15.0 Å². The number of aliphatic hydroxyl groups is 1. The largest absolute Gasteiger partial charge is 0.493 e. The minimum atomic E-state index is -0.864. The zero-order valence-electron chi connectivity index (χ0n) is 11.9. The standard InChI is InChI=1S/C15H14ClN3O3/c1-8-10(5-4-9(7-17)12(8)16)19-14(21)13-11(20)3-2-6-18(13)15(19)22/h4-5,11,20-21H,2-3,6H2,1H3. The molecule has 1 atom stereocenters. The summed E-state index contributed by atoms with van der Waals surface area (Å²) in [6.45, 7) is 2.13. The summed E-state index contributed by atoms with van der Waals surface area (Å²) in [5, 5.41) is 29.7. The van der Waals surface area contributed by atoms with Crippen LogP contribution in [0.5, 0.6) is 5.88 Å². The SMILES string of the molecule is Cc1c(-n2c(O)c3n(c2=O)CCCC3O)ccc(C#N)c1Cl. The number of nitriles is 1. The Kier molecular flexibility index (Phi) is 3.47. The molecule has 1 aliphatic heterocycles. The molecule has 0 radical (unpaired) electrons. The second-order valence-corrected chi connectivity index (χ2v) is 5.70. The first-order chi connectivity index (χ1) is 10.5. The lowest BCUT2D eigenvalue weighted by atomic mass is 10.1. The number of hydrogen-bond acceptors (Lipinski definition) is 4. The molecule has 0 saturated heterocycles. The molecule has 22 heavy (non-hydrogen) atoms. The molecule has 3 rings (SSSR count). The number of fused-ring (bicyclic) bond motifs is 1. The van der Waals surface area contributed by atoms with Gasteiger partial charge in [-0.15, -0.1) is 0 Å². The maximum atomic E-state index is 12.5. The van der Waals surface area contributed by atoms with E-state index < -0.39 is 11.8 Å². The summed E-state index contributed by atoms with van der Waals surface area (Å²) in [4.78, 5) is 12.5. The zero-order valence-corrected chi connectivity index (χ0v) is 12.6. The molecule has 7 heteroatoms. The van der Waals surface area contributed by atoms with Gasteiger partial charge in [-0.3, -0.25) is 4.57 Å². The minimum absolute atomic E-state index is 0.233. The van der Waals surface area contributed by atoms with E-state index in [4.69, 9.17) is 16.9 Å². The van der Waals surface area contributed by atoms with Crippen molar-refractivity contribution in [1.82, 2.24) is 9.13 Å². The lowest BCUT2D eigenvalue weighted by Crippen LogP contribution is -2.27. The smallest absolute Gasteiger partial charge is 0.336 e. The normalized spacial score (nSPS) is 17.1. The van der Waals surface area contributed by atoms with Crippen LogP contribution in [0.1, 0.15) is 35.8 Å². The molecule has 0 bridgehead atoms. The van der Waals surface area contributed by atoms with Gasteiger partial charge in [-0.2, -0.15) is 5.26 Å². The summed E-state index contributed by atoms with van der Waals surface area (Å²) in [6, 6.07) is 5.05. The molecule has 2 N–H and O–H groups in total. The van der Waals surface area contributed by atoms with Gasteiger partial charge in [0.15, 0.2) is 0 Å². The number of aromatic hydroxyl groups is 1. The van der Waals surface area contributed by atoms with Crippen molar-refractivity contribution in [2.75, 3.05) is 0 Å². The monoisotopic (exact) mass is 319 g/mol. The predicted molar refractivity (Wildman–Crippen MR) is 80.3 cm³/mol. The summed E-state index contributed by atoms with van der Waals surface area (Å²) in [6.07, 6.45) is 0.311. The van der Waals surface area contributed by atoms with Gasteiger partial charge < -0.3 is 10.2 Å². The highest BCUT2D eigenvalue weighted by atomic mass is 35.5. The van der Waals surface area contributed by atoms with E-state index in [-0.39, 0.29) is 16.6 Å². The van der Waals surface area contributed by atoms with E-state index in [0.717, 1.165) is 4.57 Å². The molecular weight excluding hydrogens is 306 g/mol. The first-order valence-corrected chi connectivity index (χ1v) is 7.27. The maximum absolute atomic E-state index is 12.5. The summed E-state index contributed by atoms with van der Waals surface area (Å²) in [5.41, 5.74) is 1.04.